The van der Waals surface area contributed by atoms with Gasteiger partial charge >= 0.3 is 11.9 Å². The van der Waals surface area contributed by atoms with Crippen LogP contribution in [-0.4, -0.2) is 25.5 Å². The summed E-state index contributed by atoms with van der Waals surface area (Å²) in [6.45, 7) is 3.00. The molecule has 0 saturated heterocycles. The van der Waals surface area contributed by atoms with Gasteiger partial charge in [-0.1, -0.05) is 29.4 Å². The Kier molecular flexibility index (Phi) is 5.72. The highest BCUT2D eigenvalue weighted by Gasteiger charge is 2.35. The molecule has 0 atom stereocenters. The standard InChI is InChI=1S/C19H17F4N5O2/c1-11-6-4-9-16(28-18(29)27(3)25-26-28)14(11)10-30-24-12(2)13-7-5-8-15(17(13)20)19(21,22)23/h4-9H,10H2,1-3H3/b24-12-. The predicted molar refractivity (Wildman–Crippen MR) is 99.7 cm³/mol. The average molecular weight is 423 g/mol. The van der Waals surface area contributed by atoms with E-state index in [0.717, 1.165) is 21.0 Å². The molecule has 0 N–H and O–H groups in total. The minimum atomic E-state index is -4.82. The molecule has 3 rings (SSSR count). The van der Waals surface area contributed by atoms with E-state index in [1.807, 2.05) is 0 Å². The zero-order chi connectivity index (χ0) is 22.1. The van der Waals surface area contributed by atoms with Crippen molar-refractivity contribution in [3.05, 3.63) is 75.0 Å². The van der Waals surface area contributed by atoms with Crippen LogP contribution in [0.1, 0.15) is 29.2 Å². The summed E-state index contributed by atoms with van der Waals surface area (Å²) in [7, 11) is 1.45. The lowest BCUT2D eigenvalue weighted by Crippen LogP contribution is -2.23. The predicted octanol–water partition coefficient (Wildman–Crippen LogP) is 3.37. The zero-order valence-electron chi connectivity index (χ0n) is 16.2. The van der Waals surface area contributed by atoms with E-state index >= 15 is 0 Å². The molecule has 0 radical (unpaired) electrons. The second kappa shape index (κ2) is 8.09. The van der Waals surface area contributed by atoms with Crippen molar-refractivity contribution in [2.24, 2.45) is 12.2 Å². The highest BCUT2D eigenvalue weighted by molar-refractivity contribution is 5.98. The lowest BCUT2D eigenvalue weighted by atomic mass is 10.1. The van der Waals surface area contributed by atoms with Gasteiger partial charge in [-0.15, -0.1) is 0 Å². The van der Waals surface area contributed by atoms with E-state index in [9.17, 15) is 22.4 Å². The molecule has 0 unspecified atom stereocenters. The van der Waals surface area contributed by atoms with E-state index in [-0.39, 0.29) is 17.9 Å². The quantitative estimate of drug-likeness (QED) is 0.358. The SMILES string of the molecule is C/C(=N/OCc1c(C)cccc1-n1nnn(C)c1=O)c1cccc(C(F)(F)F)c1F. The van der Waals surface area contributed by atoms with Gasteiger partial charge in [0.2, 0.25) is 0 Å². The van der Waals surface area contributed by atoms with Crippen LogP contribution in [-0.2, 0) is 24.7 Å². The smallest absolute Gasteiger partial charge is 0.391 e. The number of tetrazole rings is 1. The van der Waals surface area contributed by atoms with Gasteiger partial charge in [0.1, 0.15) is 12.4 Å². The van der Waals surface area contributed by atoms with Crippen molar-refractivity contribution in [2.75, 3.05) is 0 Å². The van der Waals surface area contributed by atoms with Crippen molar-refractivity contribution in [1.82, 2.24) is 19.8 Å². The molecule has 3 aromatic rings. The van der Waals surface area contributed by atoms with Crippen LogP contribution in [0.15, 0.2) is 46.3 Å². The third-order valence-electron chi connectivity index (χ3n) is 4.44. The van der Waals surface area contributed by atoms with Gasteiger partial charge in [0.25, 0.3) is 0 Å². The first-order valence-electron chi connectivity index (χ1n) is 8.71. The Morgan fingerprint density at radius 1 is 1.17 bits per heavy atom. The van der Waals surface area contributed by atoms with Crippen LogP contribution in [0.3, 0.4) is 0 Å². The molecule has 158 valence electrons. The van der Waals surface area contributed by atoms with E-state index in [4.69, 9.17) is 4.84 Å². The third kappa shape index (κ3) is 4.09. The summed E-state index contributed by atoms with van der Waals surface area (Å²) < 4.78 is 55.1. The number of hydrogen-bond donors (Lipinski definition) is 0. The highest BCUT2D eigenvalue weighted by Crippen LogP contribution is 2.32. The monoisotopic (exact) mass is 423 g/mol. The van der Waals surface area contributed by atoms with Gasteiger partial charge in [-0.2, -0.15) is 22.5 Å². The molecular weight excluding hydrogens is 406 g/mol. The van der Waals surface area contributed by atoms with Crippen molar-refractivity contribution in [3.63, 3.8) is 0 Å². The van der Waals surface area contributed by atoms with E-state index in [1.54, 1.807) is 25.1 Å². The summed E-state index contributed by atoms with van der Waals surface area (Å²) >= 11 is 0. The molecule has 0 bridgehead atoms. The molecule has 0 fully saturated rings. The van der Waals surface area contributed by atoms with Crippen LogP contribution in [0.2, 0.25) is 0 Å². The van der Waals surface area contributed by atoms with Crippen LogP contribution in [0, 0.1) is 12.7 Å². The molecule has 2 aromatic carbocycles. The summed E-state index contributed by atoms with van der Waals surface area (Å²) in [5, 5.41) is 11.2. The van der Waals surface area contributed by atoms with Crippen molar-refractivity contribution in [2.45, 2.75) is 26.6 Å². The topological polar surface area (TPSA) is 74.3 Å². The molecule has 7 nitrogen and oxygen atoms in total. The Labute approximate surface area is 168 Å². The van der Waals surface area contributed by atoms with E-state index < -0.39 is 23.2 Å². The number of aromatic nitrogens is 4. The van der Waals surface area contributed by atoms with Gasteiger partial charge in [-0.3, -0.25) is 0 Å². The number of oxime groups is 1. The fourth-order valence-corrected chi connectivity index (χ4v) is 2.81. The number of aryl methyl sites for hydroxylation is 2. The summed E-state index contributed by atoms with van der Waals surface area (Å²) in [6.07, 6.45) is -4.82. The van der Waals surface area contributed by atoms with E-state index in [1.165, 1.54) is 20.0 Å². The minimum absolute atomic E-state index is 0.0644. The molecule has 11 heteroatoms. The maximum absolute atomic E-state index is 14.3. The van der Waals surface area contributed by atoms with Crippen LogP contribution in [0.25, 0.3) is 5.69 Å². The number of hydrogen-bond acceptors (Lipinski definition) is 5. The van der Waals surface area contributed by atoms with E-state index in [2.05, 4.69) is 15.6 Å². The second-order valence-electron chi connectivity index (χ2n) is 6.48. The Morgan fingerprint density at radius 2 is 1.87 bits per heavy atom. The fourth-order valence-electron chi connectivity index (χ4n) is 2.81. The second-order valence-corrected chi connectivity index (χ2v) is 6.48. The molecule has 0 aliphatic carbocycles. The van der Waals surface area contributed by atoms with Gasteiger partial charge in [0.05, 0.1) is 17.0 Å². The van der Waals surface area contributed by atoms with Gasteiger partial charge in [0.15, 0.2) is 0 Å². The third-order valence-corrected chi connectivity index (χ3v) is 4.44. The number of halogens is 4. The largest absolute Gasteiger partial charge is 0.419 e. The molecule has 0 saturated carbocycles. The normalized spacial score (nSPS) is 12.3. The molecule has 0 aliphatic rings. The Hall–Kier alpha value is -3.50. The van der Waals surface area contributed by atoms with Gasteiger partial charge in [-0.05, 0) is 42.0 Å². The number of benzene rings is 2. The summed E-state index contributed by atoms with van der Waals surface area (Å²) in [5.74, 6) is -1.42. The van der Waals surface area contributed by atoms with Crippen molar-refractivity contribution >= 4 is 5.71 Å². The van der Waals surface area contributed by atoms with Crippen molar-refractivity contribution in [3.8, 4) is 5.69 Å². The fraction of sp³-hybridized carbons (Fsp3) is 0.263. The minimum Gasteiger partial charge on any atom is -0.391 e. The molecule has 0 amide bonds. The zero-order valence-corrected chi connectivity index (χ0v) is 16.2. The van der Waals surface area contributed by atoms with Gasteiger partial charge in [-0.25, -0.2) is 9.18 Å². The van der Waals surface area contributed by atoms with Crippen LogP contribution >= 0.6 is 0 Å². The van der Waals surface area contributed by atoms with Crippen LogP contribution in [0.5, 0.6) is 0 Å². The molecule has 1 heterocycles. The first-order valence-corrected chi connectivity index (χ1v) is 8.71. The first kappa shape index (κ1) is 21.2. The van der Waals surface area contributed by atoms with Gasteiger partial charge < -0.3 is 4.84 Å². The first-order chi connectivity index (χ1) is 14.1. The average Bonchev–Trinajstić information content (AvgIpc) is 3.01. The van der Waals surface area contributed by atoms with Crippen LogP contribution in [0.4, 0.5) is 17.6 Å². The molecule has 0 spiro atoms. The van der Waals surface area contributed by atoms with Crippen molar-refractivity contribution < 1.29 is 22.4 Å². The van der Waals surface area contributed by atoms with Crippen LogP contribution < -0.4 is 5.69 Å². The number of rotatable bonds is 5. The number of nitrogens with zero attached hydrogens (tertiary/aromatic N) is 5. The Balaban J connectivity index is 1.88. The maximum atomic E-state index is 14.3. The summed E-state index contributed by atoms with van der Waals surface area (Å²) in [5.41, 5.74) is -0.466. The molecule has 30 heavy (non-hydrogen) atoms. The summed E-state index contributed by atoms with van der Waals surface area (Å²) in [6, 6.07) is 8.09. The lowest BCUT2D eigenvalue weighted by Gasteiger charge is -2.12. The number of alkyl halides is 3. The Morgan fingerprint density at radius 3 is 2.50 bits per heavy atom. The Bertz CT molecular complexity index is 1160. The highest BCUT2D eigenvalue weighted by atomic mass is 19.4. The van der Waals surface area contributed by atoms with Gasteiger partial charge in [0, 0.05) is 18.2 Å². The maximum Gasteiger partial charge on any atom is 0.419 e. The lowest BCUT2D eigenvalue weighted by molar-refractivity contribution is -0.140. The van der Waals surface area contributed by atoms with Crippen molar-refractivity contribution in [1.29, 1.82) is 0 Å². The van der Waals surface area contributed by atoms with E-state index in [0.29, 0.717) is 17.3 Å². The molecular formula is C19H17F4N5O2. The molecule has 0 aliphatic heterocycles. The molecule has 1 aromatic heterocycles. The summed E-state index contributed by atoms with van der Waals surface area (Å²) in [4.78, 5) is 17.4.